The van der Waals surface area contributed by atoms with Crippen molar-refractivity contribution in [2.45, 2.75) is 20.3 Å². The normalized spacial score (nSPS) is 26.9. The second kappa shape index (κ2) is 2.38. The lowest BCUT2D eigenvalue weighted by molar-refractivity contribution is -0.127. The van der Waals surface area contributed by atoms with Crippen LogP contribution < -0.4 is 0 Å². The zero-order valence-electron chi connectivity index (χ0n) is 6.05. The summed E-state index contributed by atoms with van der Waals surface area (Å²) >= 11 is 0. The third-order valence-corrected chi connectivity index (χ3v) is 1.87. The maximum absolute atomic E-state index is 10.7. The second-order valence-corrected chi connectivity index (χ2v) is 2.86. The SMILES string of the molecule is CC(=O)N1CCC(C)C1. The van der Waals surface area contributed by atoms with Crippen LogP contribution in [-0.4, -0.2) is 23.9 Å². The van der Waals surface area contributed by atoms with Gasteiger partial charge in [-0.1, -0.05) is 6.92 Å². The Morgan fingerprint density at radius 2 is 2.33 bits per heavy atom. The van der Waals surface area contributed by atoms with Crippen molar-refractivity contribution in [1.29, 1.82) is 0 Å². The molecule has 1 heterocycles. The molecule has 1 atom stereocenters. The van der Waals surface area contributed by atoms with Crippen molar-refractivity contribution >= 4 is 5.91 Å². The van der Waals surface area contributed by atoms with Crippen LogP contribution in [0.3, 0.4) is 0 Å². The van der Waals surface area contributed by atoms with Crippen molar-refractivity contribution in [2.24, 2.45) is 5.92 Å². The molecule has 2 nitrogen and oxygen atoms in total. The third-order valence-electron chi connectivity index (χ3n) is 1.87. The van der Waals surface area contributed by atoms with Crippen LogP contribution in [-0.2, 0) is 4.79 Å². The minimum Gasteiger partial charge on any atom is -0.343 e. The van der Waals surface area contributed by atoms with Gasteiger partial charge in [0.15, 0.2) is 0 Å². The van der Waals surface area contributed by atoms with E-state index in [9.17, 15) is 4.79 Å². The molecular weight excluding hydrogens is 114 g/mol. The van der Waals surface area contributed by atoms with Crippen molar-refractivity contribution in [3.8, 4) is 0 Å². The summed E-state index contributed by atoms with van der Waals surface area (Å²) in [7, 11) is 0. The summed E-state index contributed by atoms with van der Waals surface area (Å²) < 4.78 is 0. The largest absolute Gasteiger partial charge is 0.343 e. The van der Waals surface area contributed by atoms with E-state index in [1.54, 1.807) is 6.92 Å². The summed E-state index contributed by atoms with van der Waals surface area (Å²) in [5, 5.41) is 0. The molecule has 0 aromatic heterocycles. The number of likely N-dealkylation sites (tertiary alicyclic amines) is 1. The lowest BCUT2D eigenvalue weighted by atomic mass is 10.2. The van der Waals surface area contributed by atoms with Crippen LogP contribution >= 0.6 is 0 Å². The van der Waals surface area contributed by atoms with Gasteiger partial charge in [-0.2, -0.15) is 0 Å². The Hall–Kier alpha value is -0.530. The van der Waals surface area contributed by atoms with Crippen LogP contribution in [0.15, 0.2) is 0 Å². The first kappa shape index (κ1) is 6.59. The highest BCUT2D eigenvalue weighted by Crippen LogP contribution is 2.14. The number of hydrogen-bond acceptors (Lipinski definition) is 1. The van der Waals surface area contributed by atoms with Gasteiger partial charge in [-0.3, -0.25) is 4.79 Å². The molecule has 0 aromatic carbocycles. The first-order valence-electron chi connectivity index (χ1n) is 3.45. The molecule has 0 radical (unpaired) electrons. The van der Waals surface area contributed by atoms with E-state index in [1.807, 2.05) is 4.90 Å². The van der Waals surface area contributed by atoms with Crippen LogP contribution in [0.4, 0.5) is 0 Å². The minimum absolute atomic E-state index is 0.222. The summed E-state index contributed by atoms with van der Waals surface area (Å²) in [6.07, 6.45) is 1.18. The molecule has 2 heteroatoms. The summed E-state index contributed by atoms with van der Waals surface area (Å²) in [6.45, 7) is 5.76. The Balaban J connectivity index is 2.39. The molecule has 1 fully saturated rings. The van der Waals surface area contributed by atoms with Gasteiger partial charge in [-0.05, 0) is 12.3 Å². The highest BCUT2D eigenvalue weighted by molar-refractivity contribution is 5.73. The molecular formula is C7H13NO. The number of hydrogen-bond donors (Lipinski definition) is 0. The molecule has 0 aromatic rings. The lowest BCUT2D eigenvalue weighted by Gasteiger charge is -2.11. The lowest BCUT2D eigenvalue weighted by Crippen LogP contribution is -2.25. The molecule has 1 unspecified atom stereocenters. The van der Waals surface area contributed by atoms with E-state index in [0.717, 1.165) is 13.1 Å². The number of carbonyl (C=O) groups excluding carboxylic acids is 1. The fourth-order valence-electron chi connectivity index (χ4n) is 1.22. The molecule has 0 bridgehead atoms. The van der Waals surface area contributed by atoms with Gasteiger partial charge in [-0.25, -0.2) is 0 Å². The van der Waals surface area contributed by atoms with E-state index in [0.29, 0.717) is 5.92 Å². The summed E-state index contributed by atoms with van der Waals surface area (Å²) in [6, 6.07) is 0. The van der Waals surface area contributed by atoms with Gasteiger partial charge in [0.05, 0.1) is 0 Å². The Kier molecular flexibility index (Phi) is 1.74. The van der Waals surface area contributed by atoms with Gasteiger partial charge in [0.2, 0.25) is 5.91 Å². The maximum Gasteiger partial charge on any atom is 0.219 e. The molecule has 0 aliphatic carbocycles. The van der Waals surface area contributed by atoms with Crippen molar-refractivity contribution in [2.75, 3.05) is 13.1 Å². The zero-order chi connectivity index (χ0) is 6.85. The molecule has 1 amide bonds. The van der Waals surface area contributed by atoms with Gasteiger partial charge in [-0.15, -0.1) is 0 Å². The molecule has 0 spiro atoms. The van der Waals surface area contributed by atoms with E-state index in [-0.39, 0.29) is 5.91 Å². The number of nitrogens with zero attached hydrogens (tertiary/aromatic N) is 1. The molecule has 0 N–H and O–H groups in total. The summed E-state index contributed by atoms with van der Waals surface area (Å²) in [5.74, 6) is 0.938. The predicted molar refractivity (Wildman–Crippen MR) is 36.0 cm³/mol. The van der Waals surface area contributed by atoms with Crippen LogP contribution in [0.2, 0.25) is 0 Å². The average Bonchev–Trinajstić information content (AvgIpc) is 2.14. The van der Waals surface area contributed by atoms with Gasteiger partial charge >= 0.3 is 0 Å². The first-order valence-corrected chi connectivity index (χ1v) is 3.45. The van der Waals surface area contributed by atoms with Gasteiger partial charge < -0.3 is 4.90 Å². The zero-order valence-corrected chi connectivity index (χ0v) is 6.05. The van der Waals surface area contributed by atoms with E-state index in [4.69, 9.17) is 0 Å². The Morgan fingerprint density at radius 1 is 1.67 bits per heavy atom. The standard InChI is InChI=1S/C7H13NO/c1-6-3-4-8(5-6)7(2)9/h6H,3-5H2,1-2H3. The van der Waals surface area contributed by atoms with Crippen LogP contribution in [0, 0.1) is 5.92 Å². The van der Waals surface area contributed by atoms with Gasteiger partial charge in [0, 0.05) is 20.0 Å². The fraction of sp³-hybridized carbons (Fsp3) is 0.857. The summed E-state index contributed by atoms with van der Waals surface area (Å²) in [4.78, 5) is 12.6. The molecule has 52 valence electrons. The summed E-state index contributed by atoms with van der Waals surface area (Å²) in [5.41, 5.74) is 0. The van der Waals surface area contributed by atoms with Crippen molar-refractivity contribution in [3.05, 3.63) is 0 Å². The third kappa shape index (κ3) is 1.44. The monoisotopic (exact) mass is 127 g/mol. The van der Waals surface area contributed by atoms with E-state index in [2.05, 4.69) is 6.92 Å². The Bertz CT molecular complexity index is 122. The first-order chi connectivity index (χ1) is 4.20. The van der Waals surface area contributed by atoms with Gasteiger partial charge in [0.1, 0.15) is 0 Å². The maximum atomic E-state index is 10.7. The van der Waals surface area contributed by atoms with E-state index >= 15 is 0 Å². The van der Waals surface area contributed by atoms with Crippen LogP contribution in [0.25, 0.3) is 0 Å². The smallest absolute Gasteiger partial charge is 0.219 e. The highest BCUT2D eigenvalue weighted by Gasteiger charge is 2.19. The van der Waals surface area contributed by atoms with Crippen LogP contribution in [0.1, 0.15) is 20.3 Å². The molecule has 1 rings (SSSR count). The molecule has 9 heavy (non-hydrogen) atoms. The molecule has 1 saturated heterocycles. The second-order valence-electron chi connectivity index (χ2n) is 2.86. The quantitative estimate of drug-likeness (QED) is 0.473. The van der Waals surface area contributed by atoms with Crippen molar-refractivity contribution < 1.29 is 4.79 Å². The van der Waals surface area contributed by atoms with Gasteiger partial charge in [0.25, 0.3) is 0 Å². The molecule has 1 aliphatic rings. The van der Waals surface area contributed by atoms with Crippen molar-refractivity contribution in [1.82, 2.24) is 4.90 Å². The number of carbonyl (C=O) groups is 1. The van der Waals surface area contributed by atoms with E-state index < -0.39 is 0 Å². The average molecular weight is 127 g/mol. The number of rotatable bonds is 0. The Labute approximate surface area is 55.8 Å². The fourth-order valence-corrected chi connectivity index (χ4v) is 1.22. The predicted octanol–water partition coefficient (Wildman–Crippen LogP) is 0.875. The van der Waals surface area contributed by atoms with Crippen LogP contribution in [0.5, 0.6) is 0 Å². The highest BCUT2D eigenvalue weighted by atomic mass is 16.2. The molecule has 1 aliphatic heterocycles. The number of amides is 1. The minimum atomic E-state index is 0.222. The topological polar surface area (TPSA) is 20.3 Å². The Morgan fingerprint density at radius 3 is 2.56 bits per heavy atom. The molecule has 0 saturated carbocycles. The van der Waals surface area contributed by atoms with Crippen molar-refractivity contribution in [3.63, 3.8) is 0 Å². The van der Waals surface area contributed by atoms with E-state index in [1.165, 1.54) is 6.42 Å².